The van der Waals surface area contributed by atoms with E-state index in [9.17, 15) is 4.79 Å². The molecular formula is C19H18N6O. The number of aromatic nitrogens is 4. The van der Waals surface area contributed by atoms with E-state index >= 15 is 0 Å². The zero-order valence-electron chi connectivity index (χ0n) is 14.2. The van der Waals surface area contributed by atoms with E-state index in [-0.39, 0.29) is 5.91 Å². The summed E-state index contributed by atoms with van der Waals surface area (Å²) in [5.74, 6) is 0.353. The average molecular weight is 346 g/mol. The van der Waals surface area contributed by atoms with Crippen LogP contribution in [0.5, 0.6) is 0 Å². The van der Waals surface area contributed by atoms with Crippen molar-refractivity contribution >= 4 is 28.3 Å². The monoisotopic (exact) mass is 346 g/mol. The van der Waals surface area contributed by atoms with Crippen molar-refractivity contribution in [2.24, 2.45) is 0 Å². The number of nitrogens with one attached hydrogen (secondary N) is 3. The molecule has 0 fully saturated rings. The fraction of sp³-hybridized carbons (Fsp3) is 0.105. The zero-order chi connectivity index (χ0) is 18.1. The Morgan fingerprint density at radius 2 is 2.12 bits per heavy atom. The van der Waals surface area contributed by atoms with Gasteiger partial charge >= 0.3 is 0 Å². The summed E-state index contributed by atoms with van der Waals surface area (Å²) >= 11 is 0. The van der Waals surface area contributed by atoms with Crippen LogP contribution in [0.3, 0.4) is 0 Å². The molecule has 3 aromatic heterocycles. The highest BCUT2D eigenvalue weighted by Crippen LogP contribution is 2.39. The number of benzene rings is 1. The van der Waals surface area contributed by atoms with Crippen molar-refractivity contribution in [3.8, 4) is 22.3 Å². The summed E-state index contributed by atoms with van der Waals surface area (Å²) in [5.41, 5.74) is 11.3. The third-order valence-corrected chi connectivity index (χ3v) is 4.36. The third kappa shape index (κ3) is 2.59. The van der Waals surface area contributed by atoms with Gasteiger partial charge in [-0.1, -0.05) is 25.1 Å². The number of pyridine rings is 1. The van der Waals surface area contributed by atoms with Crippen molar-refractivity contribution in [1.82, 2.24) is 20.2 Å². The van der Waals surface area contributed by atoms with Crippen molar-refractivity contribution in [3.05, 3.63) is 49.1 Å². The maximum atomic E-state index is 11.9. The Kier molecular flexibility index (Phi) is 3.89. The number of fused-ring (bicyclic) bond motifs is 1. The first-order valence-electron chi connectivity index (χ1n) is 8.33. The van der Waals surface area contributed by atoms with Gasteiger partial charge in [-0.2, -0.15) is 5.10 Å². The van der Waals surface area contributed by atoms with Gasteiger partial charge in [0.1, 0.15) is 5.82 Å². The number of hydrogen-bond donors (Lipinski definition) is 4. The molecule has 0 atom stereocenters. The Labute approximate surface area is 149 Å². The van der Waals surface area contributed by atoms with E-state index in [0.717, 1.165) is 27.6 Å². The predicted octanol–water partition coefficient (Wildman–Crippen LogP) is 3.55. The van der Waals surface area contributed by atoms with Gasteiger partial charge in [0.2, 0.25) is 5.91 Å². The van der Waals surface area contributed by atoms with Crippen LogP contribution in [-0.2, 0) is 4.79 Å². The van der Waals surface area contributed by atoms with E-state index in [2.05, 4.69) is 25.5 Å². The molecule has 4 aromatic rings. The van der Waals surface area contributed by atoms with Crippen LogP contribution in [0.2, 0.25) is 0 Å². The number of para-hydroxylation sites is 1. The molecule has 4 rings (SSSR count). The third-order valence-electron chi connectivity index (χ3n) is 4.36. The molecule has 0 aliphatic rings. The molecule has 0 bridgehead atoms. The van der Waals surface area contributed by atoms with Gasteiger partial charge < -0.3 is 16.0 Å². The second-order valence-electron chi connectivity index (χ2n) is 5.94. The fourth-order valence-electron chi connectivity index (χ4n) is 3.07. The average Bonchev–Trinajstić information content (AvgIpc) is 3.31. The van der Waals surface area contributed by atoms with Crippen LogP contribution in [-0.4, -0.2) is 26.1 Å². The fourth-order valence-corrected chi connectivity index (χ4v) is 3.07. The topological polar surface area (TPSA) is 112 Å². The maximum Gasteiger partial charge on any atom is 0.225 e. The molecule has 0 aliphatic carbocycles. The van der Waals surface area contributed by atoms with Gasteiger partial charge in [0.25, 0.3) is 0 Å². The number of carbonyl (C=O) groups excluding carboxylic acids is 1. The largest absolute Gasteiger partial charge is 0.398 e. The van der Waals surface area contributed by atoms with Gasteiger partial charge in [-0.25, -0.2) is 4.98 Å². The number of nitrogens with two attached hydrogens (primary N) is 1. The van der Waals surface area contributed by atoms with E-state index < -0.39 is 0 Å². The molecule has 1 amide bonds. The Hall–Kier alpha value is -3.61. The lowest BCUT2D eigenvalue weighted by atomic mass is 9.99. The van der Waals surface area contributed by atoms with E-state index in [4.69, 9.17) is 5.73 Å². The molecule has 0 saturated carbocycles. The number of nitrogen functional groups attached to an aromatic ring is 1. The molecule has 130 valence electrons. The molecular weight excluding hydrogens is 328 g/mol. The van der Waals surface area contributed by atoms with Crippen LogP contribution in [0, 0.1) is 0 Å². The molecule has 7 nitrogen and oxygen atoms in total. The molecule has 0 spiro atoms. The molecule has 0 saturated heterocycles. The summed E-state index contributed by atoms with van der Waals surface area (Å²) in [6, 6.07) is 7.70. The first kappa shape index (κ1) is 15.9. The standard InChI is InChI=1S/C19H18N6O/c1-2-16(26)25-19-17(15(20)6-7-21-19)13-5-3-4-12-14(10-22-18(12)13)11-8-23-24-9-11/h3-10,22H,2H2,1H3,(H,23,24)(H3,20,21,25,26). The number of rotatable bonds is 4. The highest BCUT2D eigenvalue weighted by Gasteiger charge is 2.17. The number of carbonyl (C=O) groups is 1. The lowest BCUT2D eigenvalue weighted by Crippen LogP contribution is -2.12. The van der Waals surface area contributed by atoms with Crippen LogP contribution >= 0.6 is 0 Å². The number of anilines is 2. The number of nitrogens with zero attached hydrogens (tertiary/aromatic N) is 2. The van der Waals surface area contributed by atoms with Gasteiger partial charge in [-0.15, -0.1) is 0 Å². The summed E-state index contributed by atoms with van der Waals surface area (Å²) in [5, 5.41) is 10.7. The first-order chi connectivity index (χ1) is 12.7. The van der Waals surface area contributed by atoms with Crippen molar-refractivity contribution in [2.75, 3.05) is 11.1 Å². The zero-order valence-corrected chi connectivity index (χ0v) is 14.2. The van der Waals surface area contributed by atoms with Crippen LogP contribution in [0.1, 0.15) is 13.3 Å². The van der Waals surface area contributed by atoms with Crippen LogP contribution in [0.4, 0.5) is 11.5 Å². The van der Waals surface area contributed by atoms with Gasteiger partial charge in [0.05, 0.1) is 11.7 Å². The Morgan fingerprint density at radius 1 is 1.23 bits per heavy atom. The van der Waals surface area contributed by atoms with Gasteiger partial charge in [0.15, 0.2) is 0 Å². The highest BCUT2D eigenvalue weighted by molar-refractivity contribution is 6.07. The maximum absolute atomic E-state index is 11.9. The smallest absolute Gasteiger partial charge is 0.225 e. The quantitative estimate of drug-likeness (QED) is 0.452. The van der Waals surface area contributed by atoms with E-state index in [0.29, 0.717) is 23.5 Å². The van der Waals surface area contributed by atoms with Crippen LogP contribution in [0.15, 0.2) is 49.1 Å². The summed E-state index contributed by atoms with van der Waals surface area (Å²) < 4.78 is 0. The van der Waals surface area contributed by atoms with Crippen molar-refractivity contribution in [1.29, 1.82) is 0 Å². The van der Waals surface area contributed by atoms with Crippen LogP contribution in [0.25, 0.3) is 33.2 Å². The lowest BCUT2D eigenvalue weighted by Gasteiger charge is -2.13. The number of amides is 1. The minimum absolute atomic E-state index is 0.109. The van der Waals surface area contributed by atoms with Gasteiger partial charge in [0, 0.05) is 58.3 Å². The molecule has 0 radical (unpaired) electrons. The molecule has 0 aliphatic heterocycles. The molecule has 3 heterocycles. The van der Waals surface area contributed by atoms with Crippen molar-refractivity contribution in [2.45, 2.75) is 13.3 Å². The summed E-state index contributed by atoms with van der Waals surface area (Å²) in [7, 11) is 0. The van der Waals surface area contributed by atoms with Crippen molar-refractivity contribution < 1.29 is 4.79 Å². The van der Waals surface area contributed by atoms with Gasteiger partial charge in [-0.05, 0) is 6.07 Å². The van der Waals surface area contributed by atoms with E-state index in [1.54, 1.807) is 25.4 Å². The molecule has 26 heavy (non-hydrogen) atoms. The second kappa shape index (κ2) is 6.36. The summed E-state index contributed by atoms with van der Waals surface area (Å²) in [4.78, 5) is 19.5. The molecule has 7 heteroatoms. The Morgan fingerprint density at radius 3 is 2.88 bits per heavy atom. The SMILES string of the molecule is CCC(=O)Nc1nccc(N)c1-c1cccc2c(-c3cn[nH]c3)c[nH]c12. The summed E-state index contributed by atoms with van der Waals surface area (Å²) in [6.45, 7) is 1.80. The minimum atomic E-state index is -0.109. The number of H-pyrrole nitrogens is 2. The second-order valence-corrected chi connectivity index (χ2v) is 5.94. The lowest BCUT2D eigenvalue weighted by molar-refractivity contribution is -0.115. The molecule has 5 N–H and O–H groups in total. The Balaban J connectivity index is 1.92. The van der Waals surface area contributed by atoms with Gasteiger partial charge in [-0.3, -0.25) is 9.89 Å². The molecule has 0 unspecified atom stereocenters. The highest BCUT2D eigenvalue weighted by atomic mass is 16.1. The summed E-state index contributed by atoms with van der Waals surface area (Å²) in [6.07, 6.45) is 7.53. The predicted molar refractivity (Wildman–Crippen MR) is 102 cm³/mol. The van der Waals surface area contributed by atoms with E-state index in [1.807, 2.05) is 30.6 Å². The normalized spacial score (nSPS) is 11.0. The number of hydrogen-bond acceptors (Lipinski definition) is 4. The first-order valence-corrected chi connectivity index (χ1v) is 8.33. The number of aromatic amines is 2. The van der Waals surface area contributed by atoms with E-state index in [1.165, 1.54) is 0 Å². The van der Waals surface area contributed by atoms with Crippen molar-refractivity contribution in [3.63, 3.8) is 0 Å². The molecule has 1 aromatic carbocycles. The Bertz CT molecular complexity index is 1080. The minimum Gasteiger partial charge on any atom is -0.398 e. The van der Waals surface area contributed by atoms with Crippen LogP contribution < -0.4 is 11.1 Å².